The number of hydrogen-bond acceptors (Lipinski definition) is 3. The lowest BCUT2D eigenvalue weighted by molar-refractivity contribution is -0.130. The van der Waals surface area contributed by atoms with Crippen LogP contribution in [0, 0.1) is 5.92 Å². The minimum absolute atomic E-state index is 0.318. The number of aliphatic hydroxyl groups is 1. The van der Waals surface area contributed by atoms with Crippen LogP contribution in [0.4, 0.5) is 0 Å². The van der Waals surface area contributed by atoms with Gasteiger partial charge in [0, 0.05) is 18.4 Å². The Morgan fingerprint density at radius 2 is 2.47 bits per heavy atom. The molecule has 0 amide bonds. The molecule has 1 aromatic heterocycles. The summed E-state index contributed by atoms with van der Waals surface area (Å²) < 4.78 is 5.71. The van der Waals surface area contributed by atoms with Crippen LogP contribution in [-0.4, -0.2) is 23.9 Å². The molecule has 1 aliphatic carbocycles. The van der Waals surface area contributed by atoms with Crippen LogP contribution in [0.25, 0.3) is 0 Å². The average Bonchev–Trinajstić information content (AvgIpc) is 2.81. The third kappa shape index (κ3) is 2.90. The van der Waals surface area contributed by atoms with Crippen LogP contribution >= 0.6 is 11.3 Å². The van der Waals surface area contributed by atoms with E-state index in [2.05, 4.69) is 18.4 Å². The summed E-state index contributed by atoms with van der Waals surface area (Å²) in [4.78, 5) is 1.24. The smallest absolute Gasteiger partial charge is 0.0942 e. The Hall–Kier alpha value is -0.380. The minimum Gasteiger partial charge on any atom is -0.390 e. The van der Waals surface area contributed by atoms with Crippen LogP contribution in [0.5, 0.6) is 0 Å². The third-order valence-corrected chi connectivity index (χ3v) is 4.88. The van der Waals surface area contributed by atoms with Crippen LogP contribution in [0.3, 0.4) is 0 Å². The standard InChI is InChI=1S/C14H22O2S/c1-11-5-3-7-14(10-11,16-2)13(15)9-12-6-4-8-17-12/h4,6,8,11,13,15H,3,5,7,9-10H2,1-2H3. The number of aliphatic hydroxyl groups excluding tert-OH is 1. The molecule has 0 aromatic carbocycles. The molecule has 17 heavy (non-hydrogen) atoms. The number of thiophene rings is 1. The van der Waals surface area contributed by atoms with Crippen molar-refractivity contribution in [2.24, 2.45) is 5.92 Å². The van der Waals surface area contributed by atoms with Gasteiger partial charge >= 0.3 is 0 Å². The van der Waals surface area contributed by atoms with E-state index < -0.39 is 0 Å². The topological polar surface area (TPSA) is 29.5 Å². The highest BCUT2D eigenvalue weighted by atomic mass is 32.1. The van der Waals surface area contributed by atoms with Gasteiger partial charge in [-0.1, -0.05) is 25.8 Å². The molecule has 1 aliphatic rings. The molecule has 3 unspecified atom stereocenters. The SMILES string of the molecule is COC1(C(O)Cc2cccs2)CCCC(C)C1. The Morgan fingerprint density at radius 1 is 1.65 bits per heavy atom. The Kier molecular flexibility index (Phi) is 4.23. The van der Waals surface area contributed by atoms with Gasteiger partial charge in [-0.3, -0.25) is 0 Å². The largest absolute Gasteiger partial charge is 0.390 e. The molecule has 1 heterocycles. The Bertz CT molecular complexity index is 336. The molecule has 2 rings (SSSR count). The van der Waals surface area contributed by atoms with Crippen molar-refractivity contribution in [2.45, 2.75) is 50.7 Å². The first-order valence-electron chi connectivity index (χ1n) is 6.42. The summed E-state index contributed by atoms with van der Waals surface area (Å²) in [5, 5.41) is 12.6. The molecule has 1 N–H and O–H groups in total. The molecule has 0 radical (unpaired) electrons. The second-order valence-electron chi connectivity index (χ2n) is 5.27. The van der Waals surface area contributed by atoms with Crippen LogP contribution in [-0.2, 0) is 11.2 Å². The van der Waals surface area contributed by atoms with E-state index in [1.807, 2.05) is 6.07 Å². The summed E-state index contributed by atoms with van der Waals surface area (Å²) in [6, 6.07) is 4.12. The van der Waals surface area contributed by atoms with Gasteiger partial charge in [0.25, 0.3) is 0 Å². The van der Waals surface area contributed by atoms with Gasteiger partial charge in [0.05, 0.1) is 11.7 Å². The lowest BCUT2D eigenvalue weighted by Crippen LogP contribution is -2.48. The van der Waals surface area contributed by atoms with Crippen molar-refractivity contribution in [1.82, 2.24) is 0 Å². The minimum atomic E-state index is -0.381. The first kappa shape index (κ1) is 13.1. The number of ether oxygens (including phenoxy) is 1. The molecule has 1 aromatic rings. The maximum Gasteiger partial charge on any atom is 0.0942 e. The quantitative estimate of drug-likeness (QED) is 0.893. The highest BCUT2D eigenvalue weighted by Gasteiger charge is 2.41. The fraction of sp³-hybridized carbons (Fsp3) is 0.714. The zero-order chi connectivity index (χ0) is 12.3. The fourth-order valence-corrected chi connectivity index (χ4v) is 3.72. The first-order valence-corrected chi connectivity index (χ1v) is 7.30. The van der Waals surface area contributed by atoms with Crippen molar-refractivity contribution in [3.63, 3.8) is 0 Å². The van der Waals surface area contributed by atoms with E-state index >= 15 is 0 Å². The number of hydrogen-bond donors (Lipinski definition) is 1. The first-order chi connectivity index (χ1) is 8.16. The molecule has 0 bridgehead atoms. The highest BCUT2D eigenvalue weighted by molar-refractivity contribution is 7.09. The summed E-state index contributed by atoms with van der Waals surface area (Å²) in [5.41, 5.74) is -0.318. The maximum absolute atomic E-state index is 10.5. The van der Waals surface area contributed by atoms with E-state index in [1.54, 1.807) is 18.4 Å². The lowest BCUT2D eigenvalue weighted by atomic mass is 9.74. The van der Waals surface area contributed by atoms with Gasteiger partial charge in [0.1, 0.15) is 0 Å². The van der Waals surface area contributed by atoms with E-state index in [4.69, 9.17) is 4.74 Å². The zero-order valence-electron chi connectivity index (χ0n) is 10.7. The lowest BCUT2D eigenvalue weighted by Gasteiger charge is -2.42. The molecular weight excluding hydrogens is 232 g/mol. The van der Waals surface area contributed by atoms with Crippen LogP contribution in [0.2, 0.25) is 0 Å². The number of methoxy groups -OCH3 is 1. The van der Waals surface area contributed by atoms with Gasteiger partial charge in [0.15, 0.2) is 0 Å². The van der Waals surface area contributed by atoms with Gasteiger partial charge in [-0.05, 0) is 30.2 Å². The normalized spacial score (nSPS) is 31.4. The molecule has 1 fully saturated rings. The molecule has 3 heteroatoms. The molecule has 0 spiro atoms. The van der Waals surface area contributed by atoms with E-state index in [0.29, 0.717) is 5.92 Å². The van der Waals surface area contributed by atoms with Gasteiger partial charge in [-0.25, -0.2) is 0 Å². The molecule has 0 saturated heterocycles. The predicted molar refractivity (Wildman–Crippen MR) is 71.4 cm³/mol. The summed E-state index contributed by atoms with van der Waals surface area (Å²) in [6.07, 6.45) is 4.73. The summed E-state index contributed by atoms with van der Waals surface area (Å²) in [5.74, 6) is 0.654. The van der Waals surface area contributed by atoms with E-state index in [-0.39, 0.29) is 11.7 Å². The molecule has 2 nitrogen and oxygen atoms in total. The van der Waals surface area contributed by atoms with Gasteiger partial charge < -0.3 is 9.84 Å². The van der Waals surface area contributed by atoms with Crippen molar-refractivity contribution in [1.29, 1.82) is 0 Å². The zero-order valence-corrected chi connectivity index (χ0v) is 11.5. The maximum atomic E-state index is 10.5. The van der Waals surface area contributed by atoms with Crippen molar-refractivity contribution in [3.05, 3.63) is 22.4 Å². The van der Waals surface area contributed by atoms with Crippen molar-refractivity contribution >= 4 is 11.3 Å². The van der Waals surface area contributed by atoms with Crippen LogP contribution in [0.1, 0.15) is 37.5 Å². The Morgan fingerprint density at radius 3 is 3.06 bits per heavy atom. The van der Waals surface area contributed by atoms with Gasteiger partial charge in [0.2, 0.25) is 0 Å². The molecule has 96 valence electrons. The fourth-order valence-electron chi connectivity index (χ4n) is 2.97. The van der Waals surface area contributed by atoms with Crippen molar-refractivity contribution in [3.8, 4) is 0 Å². The van der Waals surface area contributed by atoms with E-state index in [1.165, 1.54) is 11.3 Å². The summed E-state index contributed by atoms with van der Waals surface area (Å²) in [7, 11) is 1.75. The molecule has 0 aliphatic heterocycles. The van der Waals surface area contributed by atoms with Crippen LogP contribution in [0.15, 0.2) is 17.5 Å². The second-order valence-corrected chi connectivity index (χ2v) is 6.30. The number of rotatable bonds is 4. The predicted octanol–water partition coefficient (Wildman–Crippen LogP) is 3.25. The van der Waals surface area contributed by atoms with E-state index in [0.717, 1.165) is 25.7 Å². The highest BCUT2D eigenvalue weighted by Crippen LogP contribution is 2.38. The molecule has 3 atom stereocenters. The van der Waals surface area contributed by atoms with Gasteiger partial charge in [-0.15, -0.1) is 11.3 Å². The summed E-state index contributed by atoms with van der Waals surface area (Å²) >= 11 is 1.71. The molecule has 1 saturated carbocycles. The molecular formula is C14H22O2S. The van der Waals surface area contributed by atoms with Crippen molar-refractivity contribution < 1.29 is 9.84 Å². The Balaban J connectivity index is 2.06. The Labute approximate surface area is 108 Å². The van der Waals surface area contributed by atoms with E-state index in [9.17, 15) is 5.11 Å². The second kappa shape index (κ2) is 5.51. The van der Waals surface area contributed by atoms with Crippen molar-refractivity contribution in [2.75, 3.05) is 7.11 Å². The average molecular weight is 254 g/mol. The van der Waals surface area contributed by atoms with Gasteiger partial charge in [-0.2, -0.15) is 0 Å². The summed E-state index contributed by atoms with van der Waals surface area (Å²) in [6.45, 7) is 2.25. The van der Waals surface area contributed by atoms with Crippen LogP contribution < -0.4 is 0 Å². The monoisotopic (exact) mass is 254 g/mol. The third-order valence-electron chi connectivity index (χ3n) is 3.98.